The SMILES string of the molecule is O[C@@H]1CC(Cn2ccnc2)C[C@H]1NCc1ccccc1OCc1ccccc1. The molecule has 5 nitrogen and oxygen atoms in total. The molecule has 0 aliphatic heterocycles. The minimum absolute atomic E-state index is 0.107. The Labute approximate surface area is 166 Å². The Balaban J connectivity index is 1.32. The number of nitrogens with zero attached hydrogens (tertiary/aromatic N) is 2. The molecule has 2 aromatic carbocycles. The number of aromatic nitrogens is 2. The number of benzene rings is 2. The predicted molar refractivity (Wildman–Crippen MR) is 109 cm³/mol. The highest BCUT2D eigenvalue weighted by Gasteiger charge is 2.32. The van der Waals surface area contributed by atoms with Crippen LogP contribution in [-0.2, 0) is 19.7 Å². The summed E-state index contributed by atoms with van der Waals surface area (Å²) in [6.45, 7) is 2.15. The number of rotatable bonds is 8. The summed E-state index contributed by atoms with van der Waals surface area (Å²) < 4.78 is 8.13. The Morgan fingerprint density at radius 3 is 2.71 bits per heavy atom. The van der Waals surface area contributed by atoms with Crippen LogP contribution in [0.1, 0.15) is 24.0 Å². The van der Waals surface area contributed by atoms with E-state index in [2.05, 4.69) is 33.1 Å². The summed E-state index contributed by atoms with van der Waals surface area (Å²) in [5.74, 6) is 1.35. The van der Waals surface area contributed by atoms with Crippen LogP contribution in [-0.4, -0.2) is 26.8 Å². The molecular formula is C23H27N3O2. The van der Waals surface area contributed by atoms with Gasteiger partial charge in [0.15, 0.2) is 0 Å². The number of hydrogen-bond donors (Lipinski definition) is 2. The quantitative estimate of drug-likeness (QED) is 0.632. The maximum atomic E-state index is 10.5. The number of para-hydroxylation sites is 1. The predicted octanol–water partition coefficient (Wildman–Crippen LogP) is 3.39. The molecule has 1 unspecified atom stereocenters. The molecule has 3 atom stereocenters. The van der Waals surface area contributed by atoms with Crippen LogP contribution in [0.5, 0.6) is 5.75 Å². The van der Waals surface area contributed by atoms with Gasteiger partial charge in [0.05, 0.1) is 12.4 Å². The molecule has 3 aromatic rings. The van der Waals surface area contributed by atoms with Crippen LogP contribution in [0.2, 0.25) is 0 Å². The fraction of sp³-hybridized carbons (Fsp3) is 0.348. The standard InChI is InChI=1S/C23H27N3O2/c27-22-13-19(15-26-11-10-24-17-26)12-21(22)25-14-20-8-4-5-9-23(20)28-16-18-6-2-1-3-7-18/h1-11,17,19,21-22,25,27H,12-16H2/t19?,21-,22-/m1/s1. The van der Waals surface area contributed by atoms with Gasteiger partial charge in [-0.05, 0) is 30.4 Å². The first-order valence-corrected chi connectivity index (χ1v) is 9.90. The van der Waals surface area contributed by atoms with Crippen LogP contribution in [0.3, 0.4) is 0 Å². The molecule has 4 rings (SSSR count). The highest BCUT2D eigenvalue weighted by Crippen LogP contribution is 2.28. The van der Waals surface area contributed by atoms with Gasteiger partial charge in [0, 0.05) is 37.1 Å². The topological polar surface area (TPSA) is 59.3 Å². The van der Waals surface area contributed by atoms with E-state index in [9.17, 15) is 5.11 Å². The summed E-state index contributed by atoms with van der Waals surface area (Å²) in [6, 6.07) is 18.4. The van der Waals surface area contributed by atoms with E-state index in [1.54, 1.807) is 6.20 Å². The second-order valence-corrected chi connectivity index (χ2v) is 7.53. The van der Waals surface area contributed by atoms with Gasteiger partial charge in [0.25, 0.3) is 0 Å². The first kappa shape index (κ1) is 18.7. The number of hydrogen-bond acceptors (Lipinski definition) is 4. The maximum absolute atomic E-state index is 10.5. The van der Waals surface area contributed by atoms with Crippen LogP contribution in [0.15, 0.2) is 73.3 Å². The number of nitrogens with one attached hydrogen (secondary N) is 1. The molecule has 0 amide bonds. The van der Waals surface area contributed by atoms with E-state index in [0.29, 0.717) is 19.1 Å². The van der Waals surface area contributed by atoms with Crippen molar-refractivity contribution in [2.75, 3.05) is 0 Å². The smallest absolute Gasteiger partial charge is 0.124 e. The summed E-state index contributed by atoms with van der Waals surface area (Å²) >= 11 is 0. The summed E-state index contributed by atoms with van der Waals surface area (Å²) in [4.78, 5) is 4.10. The molecule has 0 saturated heterocycles. The van der Waals surface area contributed by atoms with Gasteiger partial charge in [-0.25, -0.2) is 4.98 Å². The molecule has 28 heavy (non-hydrogen) atoms. The number of aliphatic hydroxyl groups is 1. The zero-order valence-electron chi connectivity index (χ0n) is 15.9. The Kier molecular flexibility index (Phi) is 6.04. The molecule has 0 bridgehead atoms. The fourth-order valence-electron chi connectivity index (χ4n) is 3.95. The molecule has 5 heteroatoms. The van der Waals surface area contributed by atoms with Crippen molar-refractivity contribution >= 4 is 0 Å². The van der Waals surface area contributed by atoms with Crippen LogP contribution >= 0.6 is 0 Å². The third-order valence-corrected chi connectivity index (χ3v) is 5.42. The normalized spacial score (nSPS) is 21.7. The van der Waals surface area contributed by atoms with Crippen molar-refractivity contribution < 1.29 is 9.84 Å². The minimum atomic E-state index is -0.314. The lowest BCUT2D eigenvalue weighted by Crippen LogP contribution is -2.35. The van der Waals surface area contributed by atoms with Crippen molar-refractivity contribution in [1.29, 1.82) is 0 Å². The molecule has 1 saturated carbocycles. The van der Waals surface area contributed by atoms with Crippen molar-refractivity contribution in [3.63, 3.8) is 0 Å². The molecule has 1 aliphatic carbocycles. The molecule has 0 spiro atoms. The van der Waals surface area contributed by atoms with Gasteiger partial charge >= 0.3 is 0 Å². The lowest BCUT2D eigenvalue weighted by atomic mass is 10.1. The summed E-state index contributed by atoms with van der Waals surface area (Å²) in [5, 5.41) is 14.0. The first-order valence-electron chi connectivity index (χ1n) is 9.90. The zero-order chi connectivity index (χ0) is 19.2. The number of aliphatic hydroxyl groups excluding tert-OH is 1. The average molecular weight is 377 g/mol. The van der Waals surface area contributed by atoms with Gasteiger partial charge < -0.3 is 19.7 Å². The van der Waals surface area contributed by atoms with Gasteiger partial charge in [-0.3, -0.25) is 0 Å². The van der Waals surface area contributed by atoms with Crippen LogP contribution in [0, 0.1) is 5.92 Å². The molecule has 146 valence electrons. The van der Waals surface area contributed by atoms with Gasteiger partial charge in [-0.1, -0.05) is 48.5 Å². The maximum Gasteiger partial charge on any atom is 0.124 e. The first-order chi connectivity index (χ1) is 13.8. The molecule has 1 fully saturated rings. The van der Waals surface area contributed by atoms with Gasteiger partial charge in [-0.2, -0.15) is 0 Å². The van der Waals surface area contributed by atoms with Crippen molar-refractivity contribution in [2.24, 2.45) is 5.92 Å². The lowest BCUT2D eigenvalue weighted by Gasteiger charge is -2.18. The third kappa shape index (κ3) is 4.80. The number of ether oxygens (including phenoxy) is 1. The van der Waals surface area contributed by atoms with Crippen molar-refractivity contribution in [2.45, 2.75) is 44.7 Å². The Morgan fingerprint density at radius 2 is 1.89 bits per heavy atom. The highest BCUT2D eigenvalue weighted by molar-refractivity contribution is 5.33. The van der Waals surface area contributed by atoms with Crippen LogP contribution in [0.4, 0.5) is 0 Å². The molecular weight excluding hydrogens is 350 g/mol. The van der Waals surface area contributed by atoms with E-state index in [4.69, 9.17) is 4.74 Å². The van der Waals surface area contributed by atoms with Gasteiger partial charge in [0.2, 0.25) is 0 Å². The van der Waals surface area contributed by atoms with Crippen LogP contribution in [0.25, 0.3) is 0 Å². The van der Waals surface area contributed by atoms with Gasteiger partial charge in [-0.15, -0.1) is 0 Å². The van der Waals surface area contributed by atoms with E-state index >= 15 is 0 Å². The van der Waals surface area contributed by atoms with E-state index in [0.717, 1.165) is 36.3 Å². The zero-order valence-corrected chi connectivity index (χ0v) is 15.9. The van der Waals surface area contributed by atoms with Gasteiger partial charge in [0.1, 0.15) is 12.4 Å². The van der Waals surface area contributed by atoms with Crippen molar-refractivity contribution in [3.8, 4) is 5.75 Å². The van der Waals surface area contributed by atoms with E-state index in [1.165, 1.54) is 0 Å². The minimum Gasteiger partial charge on any atom is -0.489 e. The van der Waals surface area contributed by atoms with Crippen molar-refractivity contribution in [3.05, 3.63) is 84.4 Å². The second-order valence-electron chi connectivity index (χ2n) is 7.53. The second kappa shape index (κ2) is 9.04. The monoisotopic (exact) mass is 377 g/mol. The number of imidazole rings is 1. The molecule has 1 heterocycles. The Hall–Kier alpha value is -2.63. The summed E-state index contributed by atoms with van der Waals surface area (Å²) in [6.07, 6.45) is 7.09. The van der Waals surface area contributed by atoms with E-state index in [1.807, 2.05) is 48.9 Å². The molecule has 1 aromatic heterocycles. The average Bonchev–Trinajstić information content (AvgIpc) is 3.36. The lowest BCUT2D eigenvalue weighted by molar-refractivity contribution is 0.145. The molecule has 1 aliphatic rings. The Bertz CT molecular complexity index is 851. The van der Waals surface area contributed by atoms with Crippen molar-refractivity contribution in [1.82, 2.24) is 14.9 Å². The third-order valence-electron chi connectivity index (χ3n) is 5.42. The fourth-order valence-corrected chi connectivity index (χ4v) is 3.95. The van der Waals surface area contributed by atoms with E-state index in [-0.39, 0.29) is 12.1 Å². The summed E-state index contributed by atoms with van der Waals surface area (Å²) in [5.41, 5.74) is 2.27. The van der Waals surface area contributed by atoms with E-state index < -0.39 is 0 Å². The van der Waals surface area contributed by atoms with Crippen LogP contribution < -0.4 is 10.1 Å². The Morgan fingerprint density at radius 1 is 1.07 bits per heavy atom. The largest absolute Gasteiger partial charge is 0.489 e. The highest BCUT2D eigenvalue weighted by atomic mass is 16.5. The molecule has 2 N–H and O–H groups in total. The molecule has 0 radical (unpaired) electrons. The summed E-state index contributed by atoms with van der Waals surface area (Å²) in [7, 11) is 0.